The van der Waals surface area contributed by atoms with Gasteiger partial charge in [0.2, 0.25) is 5.91 Å². The van der Waals surface area contributed by atoms with Gasteiger partial charge in [0.05, 0.1) is 10.7 Å². The number of aromatic nitrogens is 3. The number of amides is 1. The number of fused-ring (bicyclic) bond motifs is 1. The first-order valence-electron chi connectivity index (χ1n) is 12.5. The van der Waals surface area contributed by atoms with Crippen molar-refractivity contribution >= 4 is 69.2 Å². The van der Waals surface area contributed by atoms with E-state index in [9.17, 15) is 4.79 Å². The number of nitrogens with one attached hydrogen (secondary N) is 2. The lowest BCUT2D eigenvalue weighted by molar-refractivity contribution is -0.115. The van der Waals surface area contributed by atoms with Crippen molar-refractivity contribution in [1.29, 1.82) is 0 Å². The molecule has 0 atom stereocenters. The molecule has 0 spiro atoms. The quantitative estimate of drug-likeness (QED) is 0.154. The van der Waals surface area contributed by atoms with Crippen molar-refractivity contribution in [2.45, 2.75) is 26.7 Å². The van der Waals surface area contributed by atoms with Gasteiger partial charge in [-0.1, -0.05) is 49.2 Å². The lowest BCUT2D eigenvalue weighted by atomic mass is 10.0. The fraction of sp³-hybridized carbons (Fsp3) is 0.133. The van der Waals surface area contributed by atoms with Crippen LogP contribution in [0.15, 0.2) is 77.2 Å². The maximum Gasteiger partial charge on any atom is 0.250 e. The van der Waals surface area contributed by atoms with E-state index in [1.54, 1.807) is 41.2 Å². The summed E-state index contributed by atoms with van der Waals surface area (Å²) in [6.45, 7) is 6.25. The van der Waals surface area contributed by atoms with Crippen LogP contribution in [0.4, 0.5) is 5.69 Å². The molecule has 3 aromatic carbocycles. The molecule has 0 aliphatic heterocycles. The van der Waals surface area contributed by atoms with Crippen molar-refractivity contribution in [1.82, 2.24) is 20.3 Å². The minimum absolute atomic E-state index is 0.154. The highest BCUT2D eigenvalue weighted by Crippen LogP contribution is 2.31. The van der Waals surface area contributed by atoms with Gasteiger partial charge < -0.3 is 9.73 Å². The number of anilines is 1. The van der Waals surface area contributed by atoms with E-state index in [0.717, 1.165) is 22.5 Å². The van der Waals surface area contributed by atoms with Crippen molar-refractivity contribution in [3.8, 4) is 17.0 Å². The Kier molecular flexibility index (Phi) is 8.02. The number of carbonyl (C=O) groups excluding carboxylic acids is 1. The first-order valence-corrected chi connectivity index (χ1v) is 13.7. The molecule has 0 fully saturated rings. The van der Waals surface area contributed by atoms with Gasteiger partial charge in [0.15, 0.2) is 5.11 Å². The Hall–Kier alpha value is -3.98. The Labute approximate surface area is 246 Å². The molecule has 5 rings (SSSR count). The normalized spacial score (nSPS) is 11.4. The summed E-state index contributed by atoms with van der Waals surface area (Å²) in [5, 5.41) is 16.1. The van der Waals surface area contributed by atoms with Gasteiger partial charge in [-0.25, -0.2) is 0 Å². The molecule has 0 radical (unpaired) electrons. The third-order valence-electron chi connectivity index (χ3n) is 6.22. The second kappa shape index (κ2) is 11.6. The molecular weight excluding hydrogens is 565 g/mol. The number of hydrogen-bond donors (Lipinski definition) is 2. The van der Waals surface area contributed by atoms with Crippen molar-refractivity contribution in [3.63, 3.8) is 0 Å². The number of halogens is 2. The first kappa shape index (κ1) is 27.6. The van der Waals surface area contributed by atoms with Gasteiger partial charge in [0.1, 0.15) is 22.6 Å². The first-order chi connectivity index (χ1) is 19.2. The largest absolute Gasteiger partial charge is 0.457 e. The molecule has 7 nitrogen and oxygen atoms in total. The molecule has 202 valence electrons. The number of nitrogens with zero attached hydrogens (tertiary/aromatic N) is 3. The van der Waals surface area contributed by atoms with E-state index in [1.165, 1.54) is 11.6 Å². The van der Waals surface area contributed by atoms with Gasteiger partial charge in [0.25, 0.3) is 0 Å². The van der Waals surface area contributed by atoms with E-state index < -0.39 is 5.91 Å². The van der Waals surface area contributed by atoms with E-state index in [-0.39, 0.29) is 5.11 Å². The Bertz CT molecular complexity index is 1760. The predicted octanol–water partition coefficient (Wildman–Crippen LogP) is 7.95. The highest BCUT2D eigenvalue weighted by Gasteiger charge is 2.12. The van der Waals surface area contributed by atoms with Crippen molar-refractivity contribution in [2.75, 3.05) is 5.32 Å². The Morgan fingerprint density at radius 3 is 2.42 bits per heavy atom. The van der Waals surface area contributed by atoms with Crippen molar-refractivity contribution < 1.29 is 9.21 Å². The molecule has 2 aromatic heterocycles. The van der Waals surface area contributed by atoms with Gasteiger partial charge >= 0.3 is 0 Å². The number of furan rings is 1. The van der Waals surface area contributed by atoms with Crippen molar-refractivity contribution in [2.24, 2.45) is 0 Å². The molecule has 5 aromatic rings. The average molecular weight is 591 g/mol. The number of carbonyl (C=O) groups is 1. The minimum atomic E-state index is -0.408. The van der Waals surface area contributed by atoms with Crippen LogP contribution in [-0.2, 0) is 4.79 Å². The Morgan fingerprint density at radius 1 is 1.00 bits per heavy atom. The maximum atomic E-state index is 12.5. The fourth-order valence-electron chi connectivity index (χ4n) is 4.05. The molecular formula is C30H25Cl2N5O2S. The zero-order valence-electron chi connectivity index (χ0n) is 21.9. The third-order valence-corrected chi connectivity index (χ3v) is 6.98. The van der Waals surface area contributed by atoms with Crippen molar-refractivity contribution in [3.05, 3.63) is 99.7 Å². The molecule has 1 amide bonds. The van der Waals surface area contributed by atoms with E-state index in [2.05, 4.69) is 46.8 Å². The Balaban J connectivity index is 1.23. The molecule has 0 bridgehead atoms. The van der Waals surface area contributed by atoms with Crippen LogP contribution in [0.1, 0.15) is 36.7 Å². The van der Waals surface area contributed by atoms with Crippen LogP contribution in [-0.4, -0.2) is 26.0 Å². The summed E-state index contributed by atoms with van der Waals surface area (Å²) in [6.07, 6.45) is 2.89. The molecule has 0 aliphatic carbocycles. The molecule has 0 aliphatic rings. The SMILES string of the molecule is Cc1cc2nn(-c3ccc(C(C)C)cc3)nc2cc1NC(=S)NC(=O)/C=C/c1ccc(-c2ccc(Cl)cc2Cl)o1. The summed E-state index contributed by atoms with van der Waals surface area (Å²) >= 11 is 17.6. The average Bonchev–Trinajstić information content (AvgIpc) is 3.55. The topological polar surface area (TPSA) is 85.0 Å². The number of benzene rings is 3. The maximum absolute atomic E-state index is 12.5. The smallest absolute Gasteiger partial charge is 0.250 e. The summed E-state index contributed by atoms with van der Waals surface area (Å²) in [5.74, 6) is 1.09. The highest BCUT2D eigenvalue weighted by molar-refractivity contribution is 7.80. The third kappa shape index (κ3) is 6.25. The molecule has 2 N–H and O–H groups in total. The number of aryl methyl sites for hydroxylation is 1. The van der Waals surface area contributed by atoms with Gasteiger partial charge in [-0.2, -0.15) is 4.80 Å². The van der Waals surface area contributed by atoms with E-state index >= 15 is 0 Å². The molecule has 10 heteroatoms. The van der Waals surface area contributed by atoms with Crippen LogP contribution in [0.5, 0.6) is 0 Å². The van der Waals surface area contributed by atoms with E-state index in [1.807, 2.05) is 31.2 Å². The fourth-order valence-corrected chi connectivity index (χ4v) is 4.76. The summed E-state index contributed by atoms with van der Waals surface area (Å²) in [5.41, 5.74) is 5.92. The summed E-state index contributed by atoms with van der Waals surface area (Å²) in [7, 11) is 0. The van der Waals surface area contributed by atoms with Crippen LogP contribution < -0.4 is 10.6 Å². The number of thiocarbonyl (C=S) groups is 1. The second-order valence-corrected chi connectivity index (χ2v) is 10.7. The summed E-state index contributed by atoms with van der Waals surface area (Å²) in [6, 6.07) is 20.6. The van der Waals surface area contributed by atoms with Gasteiger partial charge in [-0.05, 0) is 96.9 Å². The zero-order chi connectivity index (χ0) is 28.4. The second-order valence-electron chi connectivity index (χ2n) is 9.49. The molecule has 0 unspecified atom stereocenters. The van der Waals surface area contributed by atoms with Crippen LogP contribution in [0, 0.1) is 6.92 Å². The summed E-state index contributed by atoms with van der Waals surface area (Å²) < 4.78 is 5.79. The highest BCUT2D eigenvalue weighted by atomic mass is 35.5. The van der Waals surface area contributed by atoms with Crippen LogP contribution in [0.25, 0.3) is 34.1 Å². The van der Waals surface area contributed by atoms with Gasteiger partial charge in [-0.15, -0.1) is 10.2 Å². The number of rotatable bonds is 6. The molecule has 0 saturated heterocycles. The predicted molar refractivity (Wildman–Crippen MR) is 165 cm³/mol. The summed E-state index contributed by atoms with van der Waals surface area (Å²) in [4.78, 5) is 14.1. The van der Waals surface area contributed by atoms with Gasteiger partial charge in [0, 0.05) is 22.3 Å². The van der Waals surface area contributed by atoms with E-state index in [0.29, 0.717) is 38.6 Å². The minimum Gasteiger partial charge on any atom is -0.457 e. The Morgan fingerprint density at radius 2 is 1.73 bits per heavy atom. The zero-order valence-corrected chi connectivity index (χ0v) is 24.2. The van der Waals surface area contributed by atoms with Crippen LogP contribution in [0.2, 0.25) is 10.0 Å². The number of hydrogen-bond acceptors (Lipinski definition) is 5. The lowest BCUT2D eigenvalue weighted by Gasteiger charge is -2.10. The molecule has 2 heterocycles. The lowest BCUT2D eigenvalue weighted by Crippen LogP contribution is -2.33. The standard InChI is InChI=1S/C30H25Cl2N5O2S/c1-17(2)19-4-7-21(8-5-19)37-35-26-14-18(3)25(16-27(26)36-37)33-30(40)34-29(38)13-10-22-9-12-28(39-22)23-11-6-20(31)15-24(23)32/h4-17H,1-3H3,(H2,33,34,38,40)/b13-10+. The van der Waals surface area contributed by atoms with Crippen LogP contribution >= 0.6 is 35.4 Å². The van der Waals surface area contributed by atoms with Gasteiger partial charge in [-0.3, -0.25) is 10.1 Å². The van der Waals surface area contributed by atoms with E-state index in [4.69, 9.17) is 39.8 Å². The molecule has 0 saturated carbocycles. The monoisotopic (exact) mass is 589 g/mol. The molecule has 40 heavy (non-hydrogen) atoms. The van der Waals surface area contributed by atoms with Crippen LogP contribution in [0.3, 0.4) is 0 Å².